The van der Waals surface area contributed by atoms with Crippen LogP contribution < -0.4 is 0 Å². The number of rotatable bonds is 5. The summed E-state index contributed by atoms with van der Waals surface area (Å²) < 4.78 is 16.4. The molecule has 0 aromatic rings. The van der Waals surface area contributed by atoms with Crippen molar-refractivity contribution >= 4 is 27.5 Å². The van der Waals surface area contributed by atoms with E-state index in [2.05, 4.69) is 15.5 Å². The van der Waals surface area contributed by atoms with Crippen LogP contribution in [0.3, 0.4) is 0 Å². The van der Waals surface area contributed by atoms with Crippen LogP contribution in [-0.2, 0) is 14.1 Å². The Kier molecular flexibility index (Phi) is 5.34. The highest BCUT2D eigenvalue weighted by atomic mass is 79.9. The summed E-state index contributed by atoms with van der Waals surface area (Å²) in [4.78, 5) is 21.1. The summed E-state index contributed by atoms with van der Waals surface area (Å²) in [5.74, 6) is -0.604. The first-order valence-corrected chi connectivity index (χ1v) is 8.23. The van der Waals surface area contributed by atoms with Gasteiger partial charge in [0.25, 0.3) is 6.07 Å². The van der Waals surface area contributed by atoms with Gasteiger partial charge >= 0.3 is 5.97 Å². The van der Waals surface area contributed by atoms with E-state index in [1.807, 2.05) is 0 Å². The van der Waals surface area contributed by atoms with Gasteiger partial charge in [0.05, 0.1) is 6.61 Å². The van der Waals surface area contributed by atoms with E-state index in [0.717, 1.165) is 0 Å². The normalized spacial score (nSPS) is 16.1. The molecule has 0 aromatic carbocycles. The van der Waals surface area contributed by atoms with Gasteiger partial charge in [0, 0.05) is 15.5 Å². The topological polar surface area (TPSA) is 63.6 Å². The third kappa shape index (κ3) is 2.59. The monoisotopic (exact) mass is 286 g/mol. The molecule has 0 heterocycles. The lowest BCUT2D eigenvalue weighted by Crippen LogP contribution is -2.37. The maximum Gasteiger partial charge on any atom is 0.322 e. The Balaban J connectivity index is 5.08. The Morgan fingerprint density at radius 1 is 1.43 bits per heavy atom. The van der Waals surface area contributed by atoms with Crippen molar-refractivity contribution < 1.29 is 19.0 Å². The van der Waals surface area contributed by atoms with E-state index in [9.17, 15) is 14.3 Å². The summed E-state index contributed by atoms with van der Waals surface area (Å²) in [6.07, 6.45) is -3.10. The smallest absolute Gasteiger partial charge is 0.322 e. The van der Waals surface area contributed by atoms with Crippen molar-refractivity contribution in [3.63, 3.8) is 0 Å². The molecule has 14 heavy (non-hydrogen) atoms. The second kappa shape index (κ2) is 5.29. The number of carbonyl (C=O) groups is 1. The van der Waals surface area contributed by atoms with E-state index >= 15 is 0 Å². The fourth-order valence-corrected chi connectivity index (χ4v) is 4.32. The number of esters is 1. The Morgan fingerprint density at radius 2 is 1.86 bits per heavy atom. The Morgan fingerprint density at radius 3 is 2.07 bits per heavy atom. The van der Waals surface area contributed by atoms with Crippen LogP contribution in [0.15, 0.2) is 0 Å². The van der Waals surface area contributed by atoms with Crippen LogP contribution in [0.5, 0.6) is 0 Å². The minimum atomic E-state index is -3.65. The van der Waals surface area contributed by atoms with E-state index in [4.69, 9.17) is 4.74 Å². The molecule has 84 valence electrons. The third-order valence-corrected chi connectivity index (χ3v) is 6.26. The molecule has 0 saturated heterocycles. The summed E-state index contributed by atoms with van der Waals surface area (Å²) in [7, 11) is 0. The average molecular weight is 287 g/mol. The predicted molar refractivity (Wildman–Crippen MR) is 58.7 cm³/mol. The summed E-state index contributed by atoms with van der Waals surface area (Å²) in [6.45, 7) is 5.28. The van der Waals surface area contributed by atoms with E-state index in [1.165, 1.54) is 0 Å². The highest BCUT2D eigenvalue weighted by molar-refractivity contribution is 9.40. The highest BCUT2D eigenvalue weighted by Crippen LogP contribution is 2.64. The van der Waals surface area contributed by atoms with Gasteiger partial charge in [-0.05, 0) is 19.8 Å². The van der Waals surface area contributed by atoms with Crippen molar-refractivity contribution in [1.82, 2.24) is 0 Å². The largest absolute Gasteiger partial charge is 0.465 e. The van der Waals surface area contributed by atoms with Gasteiger partial charge in [0.2, 0.25) is 0 Å². The van der Waals surface area contributed by atoms with E-state index in [1.54, 1.807) is 20.8 Å². The summed E-state index contributed by atoms with van der Waals surface area (Å²) in [6, 6.07) is 0. The third-order valence-electron chi connectivity index (χ3n) is 2.35. The first-order chi connectivity index (χ1) is 6.35. The fraction of sp³-hybridized carbons (Fsp3) is 0.875. The molecule has 0 saturated carbocycles. The van der Waals surface area contributed by atoms with Crippen molar-refractivity contribution in [2.24, 2.45) is 0 Å². The summed E-state index contributed by atoms with van der Waals surface area (Å²) >= 11 is 2.70. The van der Waals surface area contributed by atoms with Crippen LogP contribution in [0.1, 0.15) is 33.6 Å². The lowest BCUT2D eigenvalue weighted by atomic mass is 10.0. The van der Waals surface area contributed by atoms with Crippen LogP contribution >= 0.6 is 21.6 Å². The molecule has 1 N–H and O–H groups in total. The van der Waals surface area contributed by atoms with Gasteiger partial charge < -0.3 is 9.63 Å². The van der Waals surface area contributed by atoms with Gasteiger partial charge in [-0.15, -0.1) is 0 Å². The maximum atomic E-state index is 11.6. The van der Waals surface area contributed by atoms with E-state index in [0.29, 0.717) is 0 Å². The van der Waals surface area contributed by atoms with Gasteiger partial charge in [-0.3, -0.25) is 9.36 Å². The number of halogens is 1. The first kappa shape index (κ1) is 14.1. The lowest BCUT2D eigenvalue weighted by molar-refractivity contribution is -0.146. The van der Waals surface area contributed by atoms with Crippen molar-refractivity contribution in [1.29, 1.82) is 0 Å². The summed E-state index contributed by atoms with van der Waals surface area (Å²) in [5.41, 5.74) is 0. The molecule has 6 heteroatoms. The van der Waals surface area contributed by atoms with Crippen LogP contribution in [0.4, 0.5) is 0 Å². The molecule has 0 radical (unpaired) electrons. The number of carbonyl (C=O) groups excluding carboxylic acids is 1. The van der Waals surface area contributed by atoms with Gasteiger partial charge in [-0.25, -0.2) is 0 Å². The summed E-state index contributed by atoms with van der Waals surface area (Å²) in [5, 5.41) is -1.30. The minimum Gasteiger partial charge on any atom is -0.465 e. The number of ether oxygens (including phenoxy) is 1. The van der Waals surface area contributed by atoms with E-state index < -0.39 is 17.2 Å². The Labute approximate surface area is 92.2 Å². The van der Waals surface area contributed by atoms with Gasteiger partial charge in [0.15, 0.2) is 5.16 Å². The fourth-order valence-electron chi connectivity index (χ4n) is 1.31. The molecule has 1 atom stereocenters. The van der Waals surface area contributed by atoms with Crippen molar-refractivity contribution in [3.8, 4) is 0 Å². The molecule has 0 aliphatic carbocycles. The molecule has 0 aliphatic rings. The Bertz CT molecular complexity index is 244. The maximum absolute atomic E-state index is 11.6. The molecule has 0 amide bonds. The molecule has 0 fully saturated rings. The minimum absolute atomic E-state index is 0.216. The SMILES string of the molecule is CCOC(=O)C(CC)(CC)P(=O)(O)Br. The Hall–Kier alpha value is 0.140. The van der Waals surface area contributed by atoms with Crippen molar-refractivity contribution in [3.05, 3.63) is 0 Å². The van der Waals surface area contributed by atoms with Gasteiger partial charge in [0.1, 0.15) is 0 Å². The molecule has 0 bridgehead atoms. The van der Waals surface area contributed by atoms with Crippen LogP contribution in [0.25, 0.3) is 0 Å². The van der Waals surface area contributed by atoms with E-state index in [-0.39, 0.29) is 19.4 Å². The molecule has 0 spiro atoms. The van der Waals surface area contributed by atoms with Crippen LogP contribution in [0, 0.1) is 0 Å². The number of hydrogen-bond acceptors (Lipinski definition) is 3. The molecule has 0 rings (SSSR count). The average Bonchev–Trinajstić information content (AvgIpc) is 2.05. The lowest BCUT2D eigenvalue weighted by Gasteiger charge is -2.29. The quantitative estimate of drug-likeness (QED) is 0.623. The molecule has 0 aromatic heterocycles. The zero-order valence-corrected chi connectivity index (χ0v) is 11.1. The zero-order valence-electron chi connectivity index (χ0n) is 8.62. The zero-order chi connectivity index (χ0) is 11.4. The predicted octanol–water partition coefficient (Wildman–Crippen LogP) is 2.69. The van der Waals surface area contributed by atoms with Gasteiger partial charge in [-0.2, -0.15) is 0 Å². The second-order valence-electron chi connectivity index (χ2n) is 2.96. The first-order valence-electron chi connectivity index (χ1n) is 4.55. The standard InChI is InChI=1S/C8H16BrO4P/c1-4-8(5-2,14(9,11)12)7(10)13-6-3/h4-6H2,1-3H3,(H,11,12). The van der Waals surface area contributed by atoms with Crippen molar-refractivity contribution in [2.75, 3.05) is 6.61 Å². The molecule has 0 aliphatic heterocycles. The van der Waals surface area contributed by atoms with Crippen LogP contribution in [-0.4, -0.2) is 22.6 Å². The molecule has 1 unspecified atom stereocenters. The second-order valence-corrected chi connectivity index (χ2v) is 7.71. The molecule has 4 nitrogen and oxygen atoms in total. The molecular weight excluding hydrogens is 271 g/mol. The van der Waals surface area contributed by atoms with Crippen LogP contribution in [0.2, 0.25) is 0 Å². The van der Waals surface area contributed by atoms with Crippen molar-refractivity contribution in [2.45, 2.75) is 38.8 Å². The highest BCUT2D eigenvalue weighted by Gasteiger charge is 2.50. The molecular formula is C8H16BrO4P. The van der Waals surface area contributed by atoms with Gasteiger partial charge in [-0.1, -0.05) is 13.8 Å². The number of hydrogen-bond donors (Lipinski definition) is 1.